The summed E-state index contributed by atoms with van der Waals surface area (Å²) in [5, 5.41) is 3.55. The molecule has 1 aliphatic carbocycles. The number of likely N-dealkylation sites (N-methyl/N-ethyl adjacent to an activating group) is 1. The van der Waals surface area contributed by atoms with Crippen LogP contribution in [0.1, 0.15) is 44.0 Å². The standard InChI is InChI=1S/C15H25N3O/c1-4-16-14(13-7-5-6-8-13)10-18-12(3)9-11(2)17-15(18)19/h9,13-14,16H,4-8,10H2,1-3H3. The average molecular weight is 263 g/mol. The van der Waals surface area contributed by atoms with Gasteiger partial charge in [-0.05, 0) is 45.2 Å². The van der Waals surface area contributed by atoms with E-state index in [1.54, 1.807) is 0 Å². The number of hydrogen-bond acceptors (Lipinski definition) is 3. The molecule has 1 unspecified atom stereocenters. The van der Waals surface area contributed by atoms with Crippen LogP contribution in [0.3, 0.4) is 0 Å². The Morgan fingerprint density at radius 3 is 2.68 bits per heavy atom. The molecular weight excluding hydrogens is 238 g/mol. The van der Waals surface area contributed by atoms with E-state index in [2.05, 4.69) is 17.2 Å². The topological polar surface area (TPSA) is 46.9 Å². The zero-order chi connectivity index (χ0) is 13.8. The molecule has 0 spiro atoms. The number of rotatable bonds is 5. The van der Waals surface area contributed by atoms with Crippen molar-refractivity contribution in [2.75, 3.05) is 6.54 Å². The van der Waals surface area contributed by atoms with Crippen molar-refractivity contribution >= 4 is 0 Å². The van der Waals surface area contributed by atoms with Crippen LogP contribution in [0.4, 0.5) is 0 Å². The molecule has 106 valence electrons. The van der Waals surface area contributed by atoms with Gasteiger partial charge in [0.05, 0.1) is 0 Å². The van der Waals surface area contributed by atoms with Gasteiger partial charge in [0, 0.05) is 24.0 Å². The summed E-state index contributed by atoms with van der Waals surface area (Å²) in [7, 11) is 0. The van der Waals surface area contributed by atoms with E-state index >= 15 is 0 Å². The summed E-state index contributed by atoms with van der Waals surface area (Å²) < 4.78 is 1.82. The number of nitrogens with one attached hydrogen (secondary N) is 1. The fourth-order valence-electron chi connectivity index (χ4n) is 3.20. The van der Waals surface area contributed by atoms with Gasteiger partial charge in [0.15, 0.2) is 0 Å². The minimum Gasteiger partial charge on any atom is -0.312 e. The van der Waals surface area contributed by atoms with Gasteiger partial charge in [-0.25, -0.2) is 4.79 Å². The number of nitrogens with zero attached hydrogens (tertiary/aromatic N) is 2. The van der Waals surface area contributed by atoms with Gasteiger partial charge in [0.1, 0.15) is 0 Å². The largest absolute Gasteiger partial charge is 0.348 e. The van der Waals surface area contributed by atoms with Crippen molar-refractivity contribution in [1.29, 1.82) is 0 Å². The lowest BCUT2D eigenvalue weighted by molar-refractivity contribution is 0.320. The summed E-state index contributed by atoms with van der Waals surface area (Å²) >= 11 is 0. The summed E-state index contributed by atoms with van der Waals surface area (Å²) in [5.41, 5.74) is 1.71. The average Bonchev–Trinajstić information content (AvgIpc) is 2.85. The molecule has 1 saturated carbocycles. The van der Waals surface area contributed by atoms with Crippen molar-refractivity contribution in [2.24, 2.45) is 5.92 Å². The Morgan fingerprint density at radius 2 is 2.11 bits per heavy atom. The van der Waals surface area contributed by atoms with Crippen LogP contribution in [-0.2, 0) is 6.54 Å². The van der Waals surface area contributed by atoms with Crippen molar-refractivity contribution in [3.8, 4) is 0 Å². The van der Waals surface area contributed by atoms with Crippen LogP contribution in [0.2, 0.25) is 0 Å². The quantitative estimate of drug-likeness (QED) is 0.884. The number of hydrogen-bond donors (Lipinski definition) is 1. The maximum atomic E-state index is 12.0. The van der Waals surface area contributed by atoms with Crippen LogP contribution in [-0.4, -0.2) is 22.1 Å². The first-order valence-electron chi connectivity index (χ1n) is 7.40. The maximum absolute atomic E-state index is 12.0. The van der Waals surface area contributed by atoms with Crippen LogP contribution in [0.15, 0.2) is 10.9 Å². The number of aryl methyl sites for hydroxylation is 2. The van der Waals surface area contributed by atoms with Gasteiger partial charge >= 0.3 is 5.69 Å². The second-order valence-electron chi connectivity index (χ2n) is 5.64. The van der Waals surface area contributed by atoms with E-state index in [1.165, 1.54) is 25.7 Å². The van der Waals surface area contributed by atoms with Crippen LogP contribution in [0.5, 0.6) is 0 Å². The summed E-state index contributed by atoms with van der Waals surface area (Å²) in [6.07, 6.45) is 5.22. The highest BCUT2D eigenvalue weighted by molar-refractivity contribution is 5.07. The highest BCUT2D eigenvalue weighted by atomic mass is 16.1. The molecule has 0 radical (unpaired) electrons. The van der Waals surface area contributed by atoms with E-state index in [1.807, 2.05) is 24.5 Å². The molecule has 1 fully saturated rings. The molecule has 4 nitrogen and oxygen atoms in total. The van der Waals surface area contributed by atoms with Gasteiger partial charge < -0.3 is 5.32 Å². The normalized spacial score (nSPS) is 17.8. The van der Waals surface area contributed by atoms with Crippen LogP contribution in [0, 0.1) is 19.8 Å². The van der Waals surface area contributed by atoms with Gasteiger partial charge in [-0.2, -0.15) is 4.98 Å². The zero-order valence-electron chi connectivity index (χ0n) is 12.3. The molecule has 1 aromatic heterocycles. The molecule has 1 aliphatic rings. The Bertz CT molecular complexity index is 475. The molecule has 1 heterocycles. The lowest BCUT2D eigenvalue weighted by Gasteiger charge is -2.25. The summed E-state index contributed by atoms with van der Waals surface area (Å²) in [4.78, 5) is 16.1. The van der Waals surface area contributed by atoms with Gasteiger partial charge in [0.2, 0.25) is 0 Å². The summed E-state index contributed by atoms with van der Waals surface area (Å²) in [6, 6.07) is 2.38. The molecule has 1 atom stereocenters. The highest BCUT2D eigenvalue weighted by Gasteiger charge is 2.25. The molecule has 2 rings (SSSR count). The van der Waals surface area contributed by atoms with Crippen LogP contribution in [0.25, 0.3) is 0 Å². The van der Waals surface area contributed by atoms with Crippen molar-refractivity contribution < 1.29 is 0 Å². The Hall–Kier alpha value is -1.16. The predicted molar refractivity (Wildman–Crippen MR) is 77.4 cm³/mol. The minimum atomic E-state index is -0.113. The summed E-state index contributed by atoms with van der Waals surface area (Å²) in [5.74, 6) is 0.701. The molecule has 0 amide bonds. The third kappa shape index (κ3) is 3.44. The first kappa shape index (κ1) is 14.3. The molecular formula is C15H25N3O. The van der Waals surface area contributed by atoms with Crippen molar-refractivity contribution in [3.63, 3.8) is 0 Å². The molecule has 1 N–H and O–H groups in total. The van der Waals surface area contributed by atoms with E-state index in [9.17, 15) is 4.79 Å². The Balaban J connectivity index is 2.19. The smallest absolute Gasteiger partial charge is 0.312 e. The fraction of sp³-hybridized carbons (Fsp3) is 0.733. The van der Waals surface area contributed by atoms with E-state index in [0.717, 1.165) is 24.5 Å². The Kier molecular flexibility index (Phi) is 4.75. The van der Waals surface area contributed by atoms with E-state index in [-0.39, 0.29) is 5.69 Å². The fourth-order valence-corrected chi connectivity index (χ4v) is 3.20. The van der Waals surface area contributed by atoms with E-state index < -0.39 is 0 Å². The van der Waals surface area contributed by atoms with Gasteiger partial charge in [-0.1, -0.05) is 19.8 Å². The maximum Gasteiger partial charge on any atom is 0.348 e. The Morgan fingerprint density at radius 1 is 1.42 bits per heavy atom. The van der Waals surface area contributed by atoms with Crippen molar-refractivity contribution in [1.82, 2.24) is 14.9 Å². The van der Waals surface area contributed by atoms with Gasteiger partial charge in [-0.3, -0.25) is 4.57 Å². The zero-order valence-corrected chi connectivity index (χ0v) is 12.3. The Labute approximate surface area is 115 Å². The van der Waals surface area contributed by atoms with Crippen molar-refractivity contribution in [3.05, 3.63) is 27.9 Å². The van der Waals surface area contributed by atoms with Gasteiger partial charge in [-0.15, -0.1) is 0 Å². The molecule has 19 heavy (non-hydrogen) atoms. The minimum absolute atomic E-state index is 0.113. The summed E-state index contributed by atoms with van der Waals surface area (Å²) in [6.45, 7) is 7.70. The molecule has 0 aromatic carbocycles. The molecule has 0 saturated heterocycles. The highest BCUT2D eigenvalue weighted by Crippen LogP contribution is 2.28. The van der Waals surface area contributed by atoms with Gasteiger partial charge in [0.25, 0.3) is 0 Å². The molecule has 1 aromatic rings. The van der Waals surface area contributed by atoms with Crippen molar-refractivity contribution in [2.45, 2.75) is 59.0 Å². The third-order valence-electron chi connectivity index (χ3n) is 4.16. The van der Waals surface area contributed by atoms with Crippen LogP contribution >= 0.6 is 0 Å². The first-order valence-corrected chi connectivity index (χ1v) is 7.40. The number of aromatic nitrogens is 2. The lowest BCUT2D eigenvalue weighted by Crippen LogP contribution is -2.42. The van der Waals surface area contributed by atoms with Crippen LogP contribution < -0.4 is 11.0 Å². The monoisotopic (exact) mass is 263 g/mol. The third-order valence-corrected chi connectivity index (χ3v) is 4.16. The van der Waals surface area contributed by atoms with E-state index in [4.69, 9.17) is 0 Å². The molecule has 0 aliphatic heterocycles. The second kappa shape index (κ2) is 6.33. The van der Waals surface area contributed by atoms with E-state index in [0.29, 0.717) is 12.0 Å². The first-order chi connectivity index (χ1) is 9.11. The molecule has 0 bridgehead atoms. The predicted octanol–water partition coefficient (Wildman–Crippen LogP) is 2.03. The SMILES string of the molecule is CCNC(Cn1c(C)cc(C)nc1=O)C1CCCC1. The second-order valence-corrected chi connectivity index (χ2v) is 5.64. The molecule has 4 heteroatoms. The lowest BCUT2D eigenvalue weighted by atomic mass is 9.98.